The van der Waals surface area contributed by atoms with Crippen molar-refractivity contribution in [3.63, 3.8) is 0 Å². The summed E-state index contributed by atoms with van der Waals surface area (Å²) < 4.78 is 44.4. The summed E-state index contributed by atoms with van der Waals surface area (Å²) in [7, 11) is 0. The summed E-state index contributed by atoms with van der Waals surface area (Å²) >= 11 is 0. The topological polar surface area (TPSA) is 168 Å². The third-order valence-electron chi connectivity index (χ3n) is 7.29. The third kappa shape index (κ3) is 9.20. The number of aromatic amines is 1. The lowest BCUT2D eigenvalue weighted by atomic mass is 10.0. The van der Waals surface area contributed by atoms with Gasteiger partial charge < -0.3 is 29.6 Å². The van der Waals surface area contributed by atoms with Crippen molar-refractivity contribution in [3.05, 3.63) is 65.8 Å². The molecule has 3 aromatic heterocycles. The van der Waals surface area contributed by atoms with Crippen LogP contribution >= 0.6 is 0 Å². The Kier molecular flexibility index (Phi) is 11.1. The van der Waals surface area contributed by atoms with Crippen molar-refractivity contribution in [1.82, 2.24) is 25.5 Å². The number of ether oxygens (including phenoxy) is 2. The summed E-state index contributed by atoms with van der Waals surface area (Å²) in [6.07, 6.45) is 2.91. The van der Waals surface area contributed by atoms with E-state index in [4.69, 9.17) is 19.0 Å². The zero-order valence-electron chi connectivity index (χ0n) is 27.0. The molecule has 0 bridgehead atoms. The first kappa shape index (κ1) is 34.6. The van der Waals surface area contributed by atoms with Crippen molar-refractivity contribution in [3.8, 4) is 22.7 Å². The molecule has 4 aromatic rings. The van der Waals surface area contributed by atoms with Gasteiger partial charge in [-0.25, -0.2) is 23.5 Å². The molecule has 13 nitrogen and oxygen atoms in total. The number of carbonyl (C=O) groups is 2. The number of anilines is 2. The standard InChI is InChI=1S/C33H39F2N7O6/c1-33(2,3)48-32(45)42(18-20-4-5-20)27-15-22(8-9-37-27)31-40-26(19-47-31)30(44)39-25-17-38-41-28(25)21-6-7-23(24(14-21)29(34)35)16-36-10-12-46-13-11-43/h6-9,14-15,17,19-20,29,36,43H,4-5,10-13,16,18H2,1-3H3,(H,38,41)(H,39,44). The fourth-order valence-corrected chi connectivity index (χ4v) is 4.78. The Balaban J connectivity index is 1.28. The van der Waals surface area contributed by atoms with Gasteiger partial charge in [-0.05, 0) is 63.3 Å². The maximum atomic E-state index is 14.0. The molecule has 0 spiro atoms. The van der Waals surface area contributed by atoms with E-state index in [1.54, 1.807) is 45.0 Å². The van der Waals surface area contributed by atoms with E-state index in [1.807, 2.05) is 0 Å². The summed E-state index contributed by atoms with van der Waals surface area (Å²) in [6, 6.07) is 7.91. The van der Waals surface area contributed by atoms with Gasteiger partial charge in [0, 0.05) is 42.5 Å². The van der Waals surface area contributed by atoms with E-state index in [0.717, 1.165) is 12.8 Å². The van der Waals surface area contributed by atoms with Crippen LogP contribution in [0.15, 0.2) is 53.4 Å². The molecule has 3 heterocycles. The number of rotatable bonds is 15. The summed E-state index contributed by atoms with van der Waals surface area (Å²) in [4.78, 5) is 36.4. The number of aliphatic hydroxyl groups is 1. The number of nitrogens with zero attached hydrogens (tertiary/aromatic N) is 4. The van der Waals surface area contributed by atoms with E-state index < -0.39 is 24.0 Å². The van der Waals surface area contributed by atoms with Crippen molar-refractivity contribution in [2.24, 2.45) is 5.92 Å². The summed E-state index contributed by atoms with van der Waals surface area (Å²) in [5.41, 5.74) is 1.03. The van der Waals surface area contributed by atoms with Gasteiger partial charge in [-0.15, -0.1) is 0 Å². The van der Waals surface area contributed by atoms with Crippen LogP contribution in [0.4, 0.5) is 25.1 Å². The minimum absolute atomic E-state index is 0.0323. The Morgan fingerprint density at radius 2 is 1.98 bits per heavy atom. The van der Waals surface area contributed by atoms with Gasteiger partial charge in [0.15, 0.2) is 5.69 Å². The molecule has 2 amide bonds. The molecule has 1 aliphatic carbocycles. The quantitative estimate of drug-likeness (QED) is 0.118. The lowest BCUT2D eigenvalue weighted by Gasteiger charge is -2.27. The van der Waals surface area contributed by atoms with Crippen LogP contribution in [0.1, 0.15) is 61.7 Å². The number of hydrogen-bond acceptors (Lipinski definition) is 10. The second-order valence-electron chi connectivity index (χ2n) is 12.3. The molecule has 1 aliphatic rings. The summed E-state index contributed by atoms with van der Waals surface area (Å²) in [5, 5.41) is 21.3. The smallest absolute Gasteiger partial charge is 0.416 e. The van der Waals surface area contributed by atoms with Crippen molar-refractivity contribution in [1.29, 1.82) is 0 Å². The lowest BCUT2D eigenvalue weighted by molar-refractivity contribution is 0.0577. The first-order valence-electron chi connectivity index (χ1n) is 15.6. The van der Waals surface area contributed by atoms with E-state index in [2.05, 4.69) is 30.8 Å². The molecule has 15 heteroatoms. The average Bonchev–Trinajstić information content (AvgIpc) is 3.52. The number of aromatic nitrogens is 4. The molecular formula is C33H39F2N7O6. The zero-order chi connectivity index (χ0) is 34.3. The van der Waals surface area contributed by atoms with Gasteiger partial charge in [0.05, 0.1) is 37.4 Å². The number of pyridine rings is 1. The molecule has 0 atom stereocenters. The number of carbonyl (C=O) groups excluding carboxylic acids is 2. The van der Waals surface area contributed by atoms with Crippen LogP contribution < -0.4 is 15.5 Å². The van der Waals surface area contributed by atoms with Gasteiger partial charge in [0.25, 0.3) is 12.3 Å². The Hall–Kier alpha value is -4.73. The van der Waals surface area contributed by atoms with Crippen LogP contribution in [-0.4, -0.2) is 75.8 Å². The van der Waals surface area contributed by atoms with Gasteiger partial charge in [-0.1, -0.05) is 12.1 Å². The van der Waals surface area contributed by atoms with Gasteiger partial charge >= 0.3 is 6.09 Å². The molecule has 4 N–H and O–H groups in total. The zero-order valence-corrected chi connectivity index (χ0v) is 27.0. The molecule has 1 fully saturated rings. The second-order valence-corrected chi connectivity index (χ2v) is 12.3. The monoisotopic (exact) mass is 667 g/mol. The largest absolute Gasteiger partial charge is 0.444 e. The van der Waals surface area contributed by atoms with Crippen LogP contribution in [0.3, 0.4) is 0 Å². The molecule has 0 aliphatic heterocycles. The van der Waals surface area contributed by atoms with E-state index in [0.29, 0.717) is 53.8 Å². The minimum Gasteiger partial charge on any atom is -0.444 e. The van der Waals surface area contributed by atoms with E-state index in [9.17, 15) is 18.4 Å². The van der Waals surface area contributed by atoms with E-state index in [1.165, 1.54) is 29.6 Å². The minimum atomic E-state index is -2.74. The van der Waals surface area contributed by atoms with E-state index in [-0.39, 0.29) is 42.6 Å². The number of aliphatic hydroxyl groups excluding tert-OH is 1. The maximum absolute atomic E-state index is 14.0. The number of alkyl halides is 2. The molecule has 48 heavy (non-hydrogen) atoms. The molecule has 256 valence electrons. The van der Waals surface area contributed by atoms with Gasteiger partial charge in [0.1, 0.15) is 17.7 Å². The molecule has 0 radical (unpaired) electrons. The van der Waals surface area contributed by atoms with E-state index >= 15 is 0 Å². The van der Waals surface area contributed by atoms with Gasteiger partial charge in [-0.3, -0.25) is 14.8 Å². The van der Waals surface area contributed by atoms with Crippen molar-refractivity contribution < 1.29 is 37.4 Å². The Morgan fingerprint density at radius 3 is 2.71 bits per heavy atom. The molecule has 1 saturated carbocycles. The predicted octanol–water partition coefficient (Wildman–Crippen LogP) is 5.57. The highest BCUT2D eigenvalue weighted by Gasteiger charge is 2.31. The van der Waals surface area contributed by atoms with Crippen LogP contribution in [0, 0.1) is 5.92 Å². The molecule has 5 rings (SSSR count). The van der Waals surface area contributed by atoms with Crippen LogP contribution in [0.2, 0.25) is 0 Å². The Labute approximate surface area is 276 Å². The normalized spacial score (nSPS) is 13.1. The van der Waals surface area contributed by atoms with Gasteiger partial charge in [-0.2, -0.15) is 5.10 Å². The Bertz CT molecular complexity index is 1700. The molecule has 1 aromatic carbocycles. The fraction of sp³-hybridized carbons (Fsp3) is 0.424. The van der Waals surface area contributed by atoms with Crippen LogP contribution in [0.25, 0.3) is 22.7 Å². The number of halogens is 2. The number of oxazole rings is 1. The second kappa shape index (κ2) is 15.4. The van der Waals surface area contributed by atoms with Crippen molar-refractivity contribution >= 4 is 23.5 Å². The number of H-pyrrole nitrogens is 1. The van der Waals surface area contributed by atoms with Crippen molar-refractivity contribution in [2.75, 3.05) is 43.1 Å². The van der Waals surface area contributed by atoms with Crippen LogP contribution in [0.5, 0.6) is 0 Å². The number of amides is 2. The summed E-state index contributed by atoms with van der Waals surface area (Å²) in [6.45, 7) is 6.95. The highest BCUT2D eigenvalue weighted by molar-refractivity contribution is 6.04. The number of nitrogens with one attached hydrogen (secondary N) is 3. The molecule has 0 saturated heterocycles. The number of hydrogen-bond donors (Lipinski definition) is 4. The Morgan fingerprint density at radius 1 is 1.17 bits per heavy atom. The number of benzene rings is 1. The highest BCUT2D eigenvalue weighted by Crippen LogP contribution is 2.34. The highest BCUT2D eigenvalue weighted by atomic mass is 19.3. The maximum Gasteiger partial charge on any atom is 0.416 e. The average molecular weight is 668 g/mol. The predicted molar refractivity (Wildman–Crippen MR) is 173 cm³/mol. The van der Waals surface area contributed by atoms with Gasteiger partial charge in [0.2, 0.25) is 5.89 Å². The first-order valence-corrected chi connectivity index (χ1v) is 15.6. The fourth-order valence-electron chi connectivity index (χ4n) is 4.78. The summed E-state index contributed by atoms with van der Waals surface area (Å²) in [5.74, 6) is 0.276. The lowest BCUT2D eigenvalue weighted by Crippen LogP contribution is -2.38. The third-order valence-corrected chi connectivity index (χ3v) is 7.29. The first-order chi connectivity index (χ1) is 23.0. The van der Waals surface area contributed by atoms with Crippen molar-refractivity contribution in [2.45, 2.75) is 52.2 Å². The SMILES string of the molecule is CC(C)(C)OC(=O)N(CC1CC1)c1cc(-c2nc(C(=O)Nc3cn[nH]c3-c3ccc(CNCCOCCO)c(C(F)F)c3)co2)ccn1. The molecule has 0 unspecified atom stereocenters. The van der Waals surface area contributed by atoms with Crippen LogP contribution in [-0.2, 0) is 16.0 Å². The molecular weight excluding hydrogens is 628 g/mol.